The Hall–Kier alpha value is -1.51. The van der Waals surface area contributed by atoms with Crippen LogP contribution in [0.25, 0.3) is 0 Å². The summed E-state index contributed by atoms with van der Waals surface area (Å²) in [6, 6.07) is 5.12. The summed E-state index contributed by atoms with van der Waals surface area (Å²) in [5.74, 6) is 0.436. The molecule has 3 rings (SSSR count). The first kappa shape index (κ1) is 18.3. The zero-order valence-electron chi connectivity index (χ0n) is 14.0. The summed E-state index contributed by atoms with van der Waals surface area (Å²) in [4.78, 5) is 14.7. The van der Waals surface area contributed by atoms with E-state index in [0.717, 1.165) is 22.6 Å². The van der Waals surface area contributed by atoms with Crippen LogP contribution in [0.3, 0.4) is 0 Å². The summed E-state index contributed by atoms with van der Waals surface area (Å²) in [6.45, 7) is 3.90. The zero-order chi connectivity index (χ0) is 17.8. The number of carbonyl (C=O) groups is 1. The van der Waals surface area contributed by atoms with Gasteiger partial charge < -0.3 is 15.0 Å². The van der Waals surface area contributed by atoms with Crippen LogP contribution in [0.2, 0.25) is 5.02 Å². The van der Waals surface area contributed by atoms with Gasteiger partial charge in [-0.2, -0.15) is 0 Å². The van der Waals surface area contributed by atoms with Crippen molar-refractivity contribution in [1.29, 1.82) is 0 Å². The number of halogens is 1. The van der Waals surface area contributed by atoms with Gasteiger partial charge in [-0.05, 0) is 38.0 Å². The topological polar surface area (TPSA) is 67.3 Å². The molecule has 9 heteroatoms. The molecule has 1 aliphatic heterocycles. The Balaban J connectivity index is 1.62. The lowest BCUT2D eigenvalue weighted by atomic mass is 10.3. The third-order valence-electron chi connectivity index (χ3n) is 3.84. The van der Waals surface area contributed by atoms with Gasteiger partial charge >= 0.3 is 0 Å². The molecule has 0 saturated carbocycles. The number of amides is 1. The molecule has 0 radical (unpaired) electrons. The van der Waals surface area contributed by atoms with E-state index in [0.29, 0.717) is 16.5 Å². The van der Waals surface area contributed by atoms with E-state index in [1.54, 1.807) is 25.3 Å². The highest BCUT2D eigenvalue weighted by Crippen LogP contribution is 2.33. The van der Waals surface area contributed by atoms with Crippen LogP contribution in [0.5, 0.6) is 5.75 Å². The Morgan fingerprint density at radius 2 is 2.16 bits per heavy atom. The number of methoxy groups -OCH3 is 1. The molecular formula is C16H19ClN4O2S2. The summed E-state index contributed by atoms with van der Waals surface area (Å²) in [5, 5.41) is 12.5. The molecule has 1 atom stereocenters. The minimum Gasteiger partial charge on any atom is -0.495 e. The number of hydrogen-bond donors (Lipinski definition) is 1. The van der Waals surface area contributed by atoms with Gasteiger partial charge in [-0.1, -0.05) is 34.7 Å². The minimum atomic E-state index is -0.317. The molecule has 2 aromatic rings. The second-order valence-electron chi connectivity index (χ2n) is 5.64. The molecular weight excluding hydrogens is 380 g/mol. The molecule has 6 nitrogen and oxygen atoms in total. The van der Waals surface area contributed by atoms with Crippen LogP contribution in [0, 0.1) is 0 Å². The molecule has 25 heavy (non-hydrogen) atoms. The van der Waals surface area contributed by atoms with Crippen molar-refractivity contribution in [1.82, 2.24) is 10.2 Å². The number of carbonyl (C=O) groups excluding carboxylic acids is 1. The fraction of sp³-hybridized carbons (Fsp3) is 0.438. The maximum atomic E-state index is 12.5. The van der Waals surface area contributed by atoms with Crippen molar-refractivity contribution in [2.24, 2.45) is 0 Å². The summed E-state index contributed by atoms with van der Waals surface area (Å²) in [6.07, 6.45) is 2.39. The van der Waals surface area contributed by atoms with E-state index in [1.165, 1.54) is 35.9 Å². The van der Waals surface area contributed by atoms with Crippen molar-refractivity contribution < 1.29 is 9.53 Å². The van der Waals surface area contributed by atoms with Gasteiger partial charge in [0.05, 0.1) is 18.0 Å². The third-order valence-corrected chi connectivity index (χ3v) is 6.24. The van der Waals surface area contributed by atoms with Gasteiger partial charge in [0.25, 0.3) is 0 Å². The van der Waals surface area contributed by atoms with Gasteiger partial charge in [-0.3, -0.25) is 4.79 Å². The molecule has 1 saturated heterocycles. The van der Waals surface area contributed by atoms with Gasteiger partial charge in [0, 0.05) is 18.1 Å². The van der Waals surface area contributed by atoms with E-state index in [4.69, 9.17) is 16.3 Å². The fourth-order valence-corrected chi connectivity index (χ4v) is 4.71. The quantitative estimate of drug-likeness (QED) is 0.744. The molecule has 1 aromatic heterocycles. The number of ether oxygens (including phenoxy) is 1. The molecule has 1 N–H and O–H groups in total. The molecule has 134 valence electrons. The van der Waals surface area contributed by atoms with E-state index in [9.17, 15) is 4.79 Å². The van der Waals surface area contributed by atoms with Crippen LogP contribution in [-0.2, 0) is 4.79 Å². The van der Waals surface area contributed by atoms with Crippen LogP contribution < -0.4 is 15.0 Å². The molecule has 1 aromatic carbocycles. The van der Waals surface area contributed by atoms with E-state index in [-0.39, 0.29) is 11.2 Å². The van der Waals surface area contributed by atoms with Crippen LogP contribution in [0.15, 0.2) is 22.5 Å². The highest BCUT2D eigenvalue weighted by atomic mass is 35.5. The van der Waals surface area contributed by atoms with Crippen LogP contribution in [0.4, 0.5) is 10.8 Å². The molecule has 2 heterocycles. The summed E-state index contributed by atoms with van der Waals surface area (Å²) >= 11 is 8.93. The molecule has 0 aliphatic carbocycles. The summed E-state index contributed by atoms with van der Waals surface area (Å²) in [7, 11) is 1.55. The summed E-state index contributed by atoms with van der Waals surface area (Å²) in [5.41, 5.74) is 0.558. The van der Waals surface area contributed by atoms with E-state index >= 15 is 0 Å². The number of aromatic nitrogens is 2. The first-order valence-corrected chi connectivity index (χ1v) is 10.0. The van der Waals surface area contributed by atoms with Crippen molar-refractivity contribution in [3.63, 3.8) is 0 Å². The molecule has 1 amide bonds. The smallest absolute Gasteiger partial charge is 0.237 e. The van der Waals surface area contributed by atoms with E-state index < -0.39 is 0 Å². The van der Waals surface area contributed by atoms with Gasteiger partial charge in [-0.25, -0.2) is 0 Å². The van der Waals surface area contributed by atoms with Gasteiger partial charge in [0.15, 0.2) is 4.34 Å². The lowest BCUT2D eigenvalue weighted by Gasteiger charge is -2.13. The van der Waals surface area contributed by atoms with Crippen molar-refractivity contribution in [3.8, 4) is 5.75 Å². The van der Waals surface area contributed by atoms with Crippen molar-refractivity contribution in [2.75, 3.05) is 30.4 Å². The maximum Gasteiger partial charge on any atom is 0.237 e. The summed E-state index contributed by atoms with van der Waals surface area (Å²) < 4.78 is 6.05. The monoisotopic (exact) mass is 398 g/mol. The average Bonchev–Trinajstić information content (AvgIpc) is 3.26. The van der Waals surface area contributed by atoms with Crippen molar-refractivity contribution >= 4 is 51.4 Å². The van der Waals surface area contributed by atoms with Crippen LogP contribution >= 0.6 is 34.7 Å². The number of nitrogens with zero attached hydrogens (tertiary/aromatic N) is 3. The van der Waals surface area contributed by atoms with E-state index in [2.05, 4.69) is 20.4 Å². The highest BCUT2D eigenvalue weighted by Gasteiger charge is 2.21. The predicted molar refractivity (Wildman–Crippen MR) is 103 cm³/mol. The Labute approximate surface area is 159 Å². The molecule has 1 aliphatic rings. The Morgan fingerprint density at radius 3 is 2.88 bits per heavy atom. The van der Waals surface area contributed by atoms with Gasteiger partial charge in [0.1, 0.15) is 5.75 Å². The lowest BCUT2D eigenvalue weighted by molar-refractivity contribution is -0.115. The average molecular weight is 399 g/mol. The largest absolute Gasteiger partial charge is 0.495 e. The SMILES string of the molecule is COc1ccc(Cl)cc1NC(=O)C(C)Sc1nnc(N2CCCC2)s1. The first-order chi connectivity index (χ1) is 12.1. The normalized spacial score (nSPS) is 15.2. The van der Waals surface area contributed by atoms with Crippen molar-refractivity contribution in [3.05, 3.63) is 23.2 Å². The zero-order valence-corrected chi connectivity index (χ0v) is 16.4. The standard InChI is InChI=1S/C16H19ClN4O2S2/c1-10(14(22)18-12-9-11(17)5-6-13(12)23-2)24-16-20-19-15(25-16)21-7-3-4-8-21/h5-6,9-10H,3-4,7-8H2,1-2H3,(H,18,22). The van der Waals surface area contributed by atoms with E-state index in [1.807, 2.05) is 6.92 Å². The Kier molecular flexibility index (Phi) is 6.03. The number of anilines is 2. The molecule has 1 fully saturated rings. The van der Waals surface area contributed by atoms with Crippen LogP contribution in [0.1, 0.15) is 19.8 Å². The number of rotatable bonds is 6. The molecule has 0 spiro atoms. The highest BCUT2D eigenvalue weighted by molar-refractivity contribution is 8.02. The Morgan fingerprint density at radius 1 is 1.40 bits per heavy atom. The number of nitrogens with one attached hydrogen (secondary N) is 1. The lowest BCUT2D eigenvalue weighted by Crippen LogP contribution is -2.22. The number of benzene rings is 1. The maximum absolute atomic E-state index is 12.5. The molecule has 1 unspecified atom stereocenters. The van der Waals surface area contributed by atoms with Gasteiger partial charge in [-0.15, -0.1) is 10.2 Å². The second-order valence-corrected chi connectivity index (χ2v) is 8.62. The first-order valence-electron chi connectivity index (χ1n) is 7.96. The minimum absolute atomic E-state index is 0.136. The number of hydrogen-bond acceptors (Lipinski definition) is 7. The van der Waals surface area contributed by atoms with Crippen LogP contribution in [-0.4, -0.2) is 41.6 Å². The molecule has 0 bridgehead atoms. The fourth-order valence-electron chi connectivity index (χ4n) is 2.50. The second kappa shape index (κ2) is 8.25. The van der Waals surface area contributed by atoms with Crippen molar-refractivity contribution in [2.45, 2.75) is 29.4 Å². The third kappa shape index (κ3) is 4.56. The number of thioether (sulfide) groups is 1. The predicted octanol–water partition coefficient (Wildman–Crippen LogP) is 3.92. The van der Waals surface area contributed by atoms with Gasteiger partial charge in [0.2, 0.25) is 11.0 Å². The Bertz CT molecular complexity index is 749.